The number of hydrogen-bond acceptors (Lipinski definition) is 5. The summed E-state index contributed by atoms with van der Waals surface area (Å²) in [6.07, 6.45) is 1.55. The maximum absolute atomic E-state index is 13.4. The molecular formula is C25H22ClFN4O2S. The monoisotopic (exact) mass is 496 g/mol. The molecular weight excluding hydrogens is 475 g/mol. The first kappa shape index (κ1) is 22.6. The van der Waals surface area contributed by atoms with E-state index in [0.29, 0.717) is 40.0 Å². The van der Waals surface area contributed by atoms with Gasteiger partial charge in [-0.2, -0.15) is 0 Å². The van der Waals surface area contributed by atoms with Crippen molar-refractivity contribution in [3.8, 4) is 0 Å². The molecule has 1 aliphatic heterocycles. The number of anilines is 2. The lowest BCUT2D eigenvalue weighted by molar-refractivity contribution is -0.120. The summed E-state index contributed by atoms with van der Waals surface area (Å²) in [5.41, 5.74) is 2.01. The van der Waals surface area contributed by atoms with Crippen LogP contribution in [-0.4, -0.2) is 28.5 Å². The number of piperidine rings is 1. The molecule has 0 unspecified atom stereocenters. The van der Waals surface area contributed by atoms with Crippen molar-refractivity contribution < 1.29 is 9.18 Å². The van der Waals surface area contributed by atoms with E-state index in [-0.39, 0.29) is 29.7 Å². The van der Waals surface area contributed by atoms with E-state index >= 15 is 0 Å². The molecule has 0 saturated carbocycles. The third-order valence-electron chi connectivity index (χ3n) is 5.99. The molecule has 6 nitrogen and oxygen atoms in total. The maximum atomic E-state index is 13.4. The van der Waals surface area contributed by atoms with Crippen molar-refractivity contribution >= 4 is 50.7 Å². The Morgan fingerprint density at radius 3 is 2.68 bits per heavy atom. The van der Waals surface area contributed by atoms with Crippen LogP contribution in [0.2, 0.25) is 5.02 Å². The van der Waals surface area contributed by atoms with Crippen LogP contribution < -0.4 is 15.8 Å². The van der Waals surface area contributed by atoms with Gasteiger partial charge in [0.1, 0.15) is 10.5 Å². The number of hydrogen-bond donors (Lipinski definition) is 1. The van der Waals surface area contributed by atoms with E-state index in [1.165, 1.54) is 23.5 Å². The molecule has 0 radical (unpaired) electrons. The van der Waals surface area contributed by atoms with Crippen LogP contribution in [0.4, 0.5) is 16.0 Å². The molecule has 5 rings (SSSR count). The Kier molecular flexibility index (Phi) is 6.34. The number of aromatic nitrogens is 2. The second kappa shape index (κ2) is 9.56. The molecule has 9 heteroatoms. The summed E-state index contributed by atoms with van der Waals surface area (Å²) in [5.74, 6) is -0.118. The molecule has 174 valence electrons. The zero-order chi connectivity index (χ0) is 23.7. The summed E-state index contributed by atoms with van der Waals surface area (Å²) >= 11 is 7.29. The highest BCUT2D eigenvalue weighted by Crippen LogP contribution is 2.26. The zero-order valence-electron chi connectivity index (χ0n) is 18.2. The first-order chi connectivity index (χ1) is 16.5. The standard InChI is InChI=1S/C25H22ClFN4O2S/c26-18-5-9-20(10-6-18)28-23(32)17-2-1-12-30(15-17)25-29-21-11-13-34-22(21)24(33)31(25)14-16-3-7-19(27)8-4-16/h3-11,13,17H,1-2,12,14-15H2,(H,28,32)/t17-/m1/s1. The van der Waals surface area contributed by atoms with Crippen LogP contribution in [0.1, 0.15) is 18.4 Å². The minimum atomic E-state index is -0.325. The van der Waals surface area contributed by atoms with Gasteiger partial charge in [0, 0.05) is 23.8 Å². The summed E-state index contributed by atoms with van der Waals surface area (Å²) in [4.78, 5) is 33.1. The van der Waals surface area contributed by atoms with Crippen molar-refractivity contribution in [3.05, 3.63) is 86.7 Å². The number of benzene rings is 2. The van der Waals surface area contributed by atoms with Crippen molar-refractivity contribution in [2.45, 2.75) is 19.4 Å². The number of nitrogens with one attached hydrogen (secondary N) is 1. The Labute approximate surface area is 204 Å². The highest BCUT2D eigenvalue weighted by Gasteiger charge is 2.29. The number of carbonyl (C=O) groups excluding carboxylic acids is 1. The van der Waals surface area contributed by atoms with Crippen molar-refractivity contribution in [1.29, 1.82) is 0 Å². The van der Waals surface area contributed by atoms with Gasteiger partial charge in [-0.05, 0) is 66.2 Å². The van der Waals surface area contributed by atoms with Crippen molar-refractivity contribution in [3.63, 3.8) is 0 Å². The number of carbonyl (C=O) groups is 1. The average Bonchev–Trinajstić information content (AvgIpc) is 3.33. The van der Waals surface area contributed by atoms with Crippen LogP contribution in [0.15, 0.2) is 64.8 Å². The number of rotatable bonds is 5. The molecule has 1 aliphatic rings. The smallest absolute Gasteiger partial charge is 0.273 e. The van der Waals surface area contributed by atoms with Crippen LogP contribution in [0, 0.1) is 11.7 Å². The number of fused-ring (bicyclic) bond motifs is 1. The summed E-state index contributed by atoms with van der Waals surface area (Å²) in [6.45, 7) is 1.41. The van der Waals surface area contributed by atoms with Gasteiger partial charge in [0.15, 0.2) is 0 Å². The first-order valence-corrected chi connectivity index (χ1v) is 12.3. The van der Waals surface area contributed by atoms with Gasteiger partial charge in [0.25, 0.3) is 5.56 Å². The lowest BCUT2D eigenvalue weighted by Crippen LogP contribution is -2.43. The quantitative estimate of drug-likeness (QED) is 0.415. The summed E-state index contributed by atoms with van der Waals surface area (Å²) in [5, 5.41) is 5.42. The zero-order valence-corrected chi connectivity index (χ0v) is 19.8. The molecule has 1 atom stereocenters. The van der Waals surface area contributed by atoms with Gasteiger partial charge in [0.05, 0.1) is 18.0 Å². The molecule has 0 aliphatic carbocycles. The normalized spacial score (nSPS) is 16.1. The molecule has 34 heavy (non-hydrogen) atoms. The predicted octanol–water partition coefficient (Wildman–Crippen LogP) is 5.15. The first-order valence-electron chi connectivity index (χ1n) is 11.0. The minimum Gasteiger partial charge on any atom is -0.341 e. The third-order valence-corrected chi connectivity index (χ3v) is 7.13. The maximum Gasteiger partial charge on any atom is 0.273 e. The predicted molar refractivity (Wildman–Crippen MR) is 134 cm³/mol. The molecule has 2 aromatic heterocycles. The van der Waals surface area contributed by atoms with E-state index in [4.69, 9.17) is 16.6 Å². The minimum absolute atomic E-state index is 0.0731. The van der Waals surface area contributed by atoms with E-state index in [0.717, 1.165) is 18.4 Å². The molecule has 0 spiro atoms. The second-order valence-electron chi connectivity index (χ2n) is 8.35. The largest absolute Gasteiger partial charge is 0.341 e. The van der Waals surface area contributed by atoms with Gasteiger partial charge >= 0.3 is 0 Å². The van der Waals surface area contributed by atoms with E-state index in [1.807, 2.05) is 16.3 Å². The topological polar surface area (TPSA) is 67.2 Å². The third kappa shape index (κ3) is 4.69. The Morgan fingerprint density at radius 2 is 1.91 bits per heavy atom. The Bertz CT molecular complexity index is 1390. The van der Waals surface area contributed by atoms with Crippen molar-refractivity contribution in [2.75, 3.05) is 23.3 Å². The van der Waals surface area contributed by atoms with E-state index in [2.05, 4.69) is 5.32 Å². The Balaban J connectivity index is 1.44. The highest BCUT2D eigenvalue weighted by atomic mass is 35.5. The molecule has 3 heterocycles. The molecule has 1 N–H and O–H groups in total. The average molecular weight is 497 g/mol. The van der Waals surface area contributed by atoms with Crippen LogP contribution in [0.3, 0.4) is 0 Å². The second-order valence-corrected chi connectivity index (χ2v) is 9.70. The summed E-state index contributed by atoms with van der Waals surface area (Å²) < 4.78 is 15.6. The van der Waals surface area contributed by atoms with Gasteiger partial charge in [-0.1, -0.05) is 23.7 Å². The number of nitrogens with zero attached hydrogens (tertiary/aromatic N) is 3. The van der Waals surface area contributed by atoms with Crippen LogP contribution in [0.5, 0.6) is 0 Å². The number of halogens is 2. The summed E-state index contributed by atoms with van der Waals surface area (Å²) in [6, 6.07) is 15.0. The van der Waals surface area contributed by atoms with Crippen LogP contribution >= 0.6 is 22.9 Å². The van der Waals surface area contributed by atoms with Gasteiger partial charge in [-0.3, -0.25) is 14.2 Å². The lowest BCUT2D eigenvalue weighted by atomic mass is 9.97. The van der Waals surface area contributed by atoms with E-state index in [1.54, 1.807) is 41.0 Å². The molecule has 1 amide bonds. The lowest BCUT2D eigenvalue weighted by Gasteiger charge is -2.34. The van der Waals surface area contributed by atoms with Crippen LogP contribution in [0.25, 0.3) is 10.2 Å². The fourth-order valence-electron chi connectivity index (χ4n) is 4.24. The van der Waals surface area contributed by atoms with E-state index < -0.39 is 0 Å². The molecule has 1 fully saturated rings. The molecule has 4 aromatic rings. The van der Waals surface area contributed by atoms with Gasteiger partial charge in [-0.15, -0.1) is 11.3 Å². The molecule has 1 saturated heterocycles. The highest BCUT2D eigenvalue weighted by molar-refractivity contribution is 7.17. The van der Waals surface area contributed by atoms with Crippen molar-refractivity contribution in [2.24, 2.45) is 5.92 Å². The molecule has 2 aromatic carbocycles. The van der Waals surface area contributed by atoms with Crippen molar-refractivity contribution in [1.82, 2.24) is 9.55 Å². The SMILES string of the molecule is O=C(Nc1ccc(Cl)cc1)[C@@H]1CCCN(c2nc3ccsc3c(=O)n2Cc2ccc(F)cc2)C1. The molecule has 0 bridgehead atoms. The Hall–Kier alpha value is -3.23. The van der Waals surface area contributed by atoms with Gasteiger partial charge < -0.3 is 10.2 Å². The fraction of sp³-hybridized carbons (Fsp3) is 0.240. The van der Waals surface area contributed by atoms with Gasteiger partial charge in [0.2, 0.25) is 11.9 Å². The van der Waals surface area contributed by atoms with Crippen LogP contribution in [-0.2, 0) is 11.3 Å². The number of amides is 1. The number of thiophene rings is 1. The Morgan fingerprint density at radius 1 is 1.15 bits per heavy atom. The summed E-state index contributed by atoms with van der Waals surface area (Å²) in [7, 11) is 0. The fourth-order valence-corrected chi connectivity index (χ4v) is 5.14. The van der Waals surface area contributed by atoms with E-state index in [9.17, 15) is 14.0 Å². The van der Waals surface area contributed by atoms with Gasteiger partial charge in [-0.25, -0.2) is 9.37 Å².